The Morgan fingerprint density at radius 1 is 1.44 bits per heavy atom. The molecule has 1 atom stereocenters. The third-order valence-corrected chi connectivity index (χ3v) is 3.91. The average molecular weight is 223 g/mol. The lowest BCUT2D eigenvalue weighted by molar-refractivity contribution is 0.288. The zero-order valence-corrected chi connectivity index (χ0v) is 10.2. The maximum atomic E-state index is 5.78. The lowest BCUT2D eigenvalue weighted by Crippen LogP contribution is -2.31. The van der Waals surface area contributed by atoms with Gasteiger partial charge in [-0.2, -0.15) is 4.98 Å². The lowest BCUT2D eigenvalue weighted by atomic mass is 9.87. The molecule has 2 rings (SSSR count). The van der Waals surface area contributed by atoms with Gasteiger partial charge in [-0.3, -0.25) is 0 Å². The van der Waals surface area contributed by atoms with E-state index in [9.17, 15) is 0 Å². The highest BCUT2D eigenvalue weighted by molar-refractivity contribution is 5.06. The third kappa shape index (κ3) is 1.98. The van der Waals surface area contributed by atoms with Crippen molar-refractivity contribution in [2.75, 3.05) is 6.54 Å². The average Bonchev–Trinajstić information content (AvgIpc) is 2.97. The fourth-order valence-corrected chi connectivity index (χ4v) is 2.21. The van der Waals surface area contributed by atoms with E-state index in [1.807, 2.05) is 0 Å². The molecule has 0 radical (unpaired) electrons. The Morgan fingerprint density at radius 3 is 2.69 bits per heavy atom. The predicted octanol–water partition coefficient (Wildman–Crippen LogP) is 2.35. The Labute approximate surface area is 96.6 Å². The highest BCUT2D eigenvalue weighted by Gasteiger charge is 2.31. The molecule has 1 aliphatic carbocycles. The second-order valence-electron chi connectivity index (χ2n) is 5.06. The van der Waals surface area contributed by atoms with Crippen molar-refractivity contribution in [2.45, 2.75) is 57.3 Å². The maximum absolute atomic E-state index is 5.78. The second kappa shape index (κ2) is 4.53. The van der Waals surface area contributed by atoms with E-state index >= 15 is 0 Å². The van der Waals surface area contributed by atoms with Crippen molar-refractivity contribution in [1.29, 1.82) is 0 Å². The van der Waals surface area contributed by atoms with E-state index in [2.05, 4.69) is 24.0 Å². The van der Waals surface area contributed by atoms with Gasteiger partial charge in [0.1, 0.15) is 0 Å². The van der Waals surface area contributed by atoms with Crippen LogP contribution >= 0.6 is 0 Å². The molecule has 1 fully saturated rings. The molecule has 1 heterocycles. The lowest BCUT2D eigenvalue weighted by Gasteiger charge is -2.20. The van der Waals surface area contributed by atoms with E-state index in [1.165, 1.54) is 25.7 Å². The van der Waals surface area contributed by atoms with Crippen molar-refractivity contribution < 1.29 is 4.52 Å². The molecule has 2 N–H and O–H groups in total. The van der Waals surface area contributed by atoms with Gasteiger partial charge in [-0.15, -0.1) is 0 Å². The zero-order chi connectivity index (χ0) is 11.6. The summed E-state index contributed by atoms with van der Waals surface area (Å²) in [6.45, 7) is 4.74. The largest absolute Gasteiger partial charge is 0.339 e. The van der Waals surface area contributed by atoms with Gasteiger partial charge in [-0.05, 0) is 26.2 Å². The van der Waals surface area contributed by atoms with Gasteiger partial charge >= 0.3 is 0 Å². The Hall–Kier alpha value is -0.900. The molecule has 4 heteroatoms. The van der Waals surface area contributed by atoms with Crippen molar-refractivity contribution in [3.63, 3.8) is 0 Å². The van der Waals surface area contributed by atoms with Gasteiger partial charge in [-0.25, -0.2) is 0 Å². The molecule has 1 unspecified atom stereocenters. The summed E-state index contributed by atoms with van der Waals surface area (Å²) in [5.41, 5.74) is 5.62. The van der Waals surface area contributed by atoms with Crippen molar-refractivity contribution in [1.82, 2.24) is 10.1 Å². The van der Waals surface area contributed by atoms with Gasteiger partial charge in [0.05, 0.1) is 5.41 Å². The van der Waals surface area contributed by atoms with Gasteiger partial charge in [-0.1, -0.05) is 24.9 Å². The van der Waals surface area contributed by atoms with E-state index in [-0.39, 0.29) is 5.41 Å². The molecule has 4 nitrogen and oxygen atoms in total. The molecule has 1 aromatic heterocycles. The third-order valence-electron chi connectivity index (χ3n) is 3.91. The number of nitrogens with two attached hydrogens (primary N) is 1. The molecule has 0 saturated heterocycles. The normalized spacial score (nSPS) is 21.2. The van der Waals surface area contributed by atoms with Crippen LogP contribution in [0.3, 0.4) is 0 Å². The summed E-state index contributed by atoms with van der Waals surface area (Å²) in [6, 6.07) is 0. The fraction of sp³-hybridized carbons (Fsp3) is 0.833. The van der Waals surface area contributed by atoms with Crippen molar-refractivity contribution in [3.05, 3.63) is 11.7 Å². The first-order valence-corrected chi connectivity index (χ1v) is 6.24. The van der Waals surface area contributed by atoms with Crippen LogP contribution in [0.4, 0.5) is 0 Å². The Kier molecular flexibility index (Phi) is 3.28. The Bertz CT molecular complexity index is 338. The summed E-state index contributed by atoms with van der Waals surface area (Å²) in [5, 5.41) is 4.12. The Balaban J connectivity index is 2.17. The Morgan fingerprint density at radius 2 is 2.12 bits per heavy atom. The van der Waals surface area contributed by atoms with E-state index in [0.29, 0.717) is 18.4 Å². The number of hydrogen-bond donors (Lipinski definition) is 1. The molecule has 1 aromatic rings. The van der Waals surface area contributed by atoms with Crippen LogP contribution in [-0.2, 0) is 5.41 Å². The zero-order valence-electron chi connectivity index (χ0n) is 10.2. The molecule has 1 saturated carbocycles. The molecule has 0 spiro atoms. The highest BCUT2D eigenvalue weighted by Crippen LogP contribution is 2.34. The van der Waals surface area contributed by atoms with Gasteiger partial charge < -0.3 is 10.3 Å². The van der Waals surface area contributed by atoms with Crippen LogP contribution in [0.1, 0.15) is 63.6 Å². The van der Waals surface area contributed by atoms with Crippen LogP contribution in [0.15, 0.2) is 4.52 Å². The molecule has 0 amide bonds. The standard InChI is InChI=1S/C12H21N3O/c1-3-12(2,8-13)11-14-10(15-16-11)9-6-4-5-7-9/h9H,3-8,13H2,1-2H3. The van der Waals surface area contributed by atoms with Crippen LogP contribution in [-0.4, -0.2) is 16.7 Å². The van der Waals surface area contributed by atoms with Crippen LogP contribution in [0.5, 0.6) is 0 Å². The van der Waals surface area contributed by atoms with Crippen LogP contribution in [0.25, 0.3) is 0 Å². The predicted molar refractivity (Wildman–Crippen MR) is 62.2 cm³/mol. The van der Waals surface area contributed by atoms with Crippen LogP contribution in [0, 0.1) is 0 Å². The van der Waals surface area contributed by atoms with Crippen molar-refractivity contribution in [2.24, 2.45) is 5.73 Å². The second-order valence-corrected chi connectivity index (χ2v) is 5.06. The number of rotatable bonds is 4. The van der Waals surface area contributed by atoms with E-state index < -0.39 is 0 Å². The molecular formula is C12H21N3O. The first-order valence-electron chi connectivity index (χ1n) is 6.24. The van der Waals surface area contributed by atoms with Gasteiger partial charge in [0.2, 0.25) is 5.89 Å². The molecule has 16 heavy (non-hydrogen) atoms. The van der Waals surface area contributed by atoms with E-state index in [0.717, 1.165) is 12.2 Å². The van der Waals surface area contributed by atoms with E-state index in [1.54, 1.807) is 0 Å². The molecule has 90 valence electrons. The minimum absolute atomic E-state index is 0.163. The molecule has 0 aromatic carbocycles. The first-order chi connectivity index (χ1) is 7.69. The minimum atomic E-state index is -0.163. The topological polar surface area (TPSA) is 64.9 Å². The van der Waals surface area contributed by atoms with Gasteiger partial charge in [0.25, 0.3) is 0 Å². The van der Waals surface area contributed by atoms with Crippen LogP contribution < -0.4 is 5.73 Å². The van der Waals surface area contributed by atoms with Crippen molar-refractivity contribution in [3.8, 4) is 0 Å². The summed E-state index contributed by atoms with van der Waals surface area (Å²) < 4.78 is 5.38. The van der Waals surface area contributed by atoms with Crippen LogP contribution in [0.2, 0.25) is 0 Å². The highest BCUT2D eigenvalue weighted by atomic mass is 16.5. The summed E-state index contributed by atoms with van der Waals surface area (Å²) in [4.78, 5) is 4.55. The summed E-state index contributed by atoms with van der Waals surface area (Å²) in [6.07, 6.45) is 5.90. The quantitative estimate of drug-likeness (QED) is 0.851. The maximum Gasteiger partial charge on any atom is 0.233 e. The first kappa shape index (κ1) is 11.6. The SMILES string of the molecule is CCC(C)(CN)c1nc(C2CCCC2)no1. The van der Waals surface area contributed by atoms with Gasteiger partial charge in [0, 0.05) is 12.5 Å². The number of hydrogen-bond acceptors (Lipinski definition) is 4. The summed E-state index contributed by atoms with van der Waals surface area (Å²) in [5.74, 6) is 2.11. The molecule has 1 aliphatic rings. The minimum Gasteiger partial charge on any atom is -0.339 e. The summed E-state index contributed by atoms with van der Waals surface area (Å²) >= 11 is 0. The van der Waals surface area contributed by atoms with E-state index in [4.69, 9.17) is 10.3 Å². The van der Waals surface area contributed by atoms with Crippen molar-refractivity contribution >= 4 is 0 Å². The fourth-order valence-electron chi connectivity index (χ4n) is 2.21. The number of nitrogens with zero attached hydrogens (tertiary/aromatic N) is 2. The summed E-state index contributed by atoms with van der Waals surface area (Å²) in [7, 11) is 0. The molecule has 0 bridgehead atoms. The number of aromatic nitrogens is 2. The monoisotopic (exact) mass is 223 g/mol. The smallest absolute Gasteiger partial charge is 0.233 e. The molecule has 0 aliphatic heterocycles. The van der Waals surface area contributed by atoms with Gasteiger partial charge in [0.15, 0.2) is 5.82 Å². The molecular weight excluding hydrogens is 202 g/mol.